The number of rotatable bonds is 6. The number of nitrogens with one attached hydrogen (secondary N) is 1. The van der Waals surface area contributed by atoms with Crippen LogP contribution >= 0.6 is 0 Å². The predicted octanol–water partition coefficient (Wildman–Crippen LogP) is 2.60. The molecule has 0 aliphatic carbocycles. The van der Waals surface area contributed by atoms with E-state index in [1.165, 1.54) is 0 Å². The van der Waals surface area contributed by atoms with E-state index >= 15 is 0 Å². The van der Waals surface area contributed by atoms with Gasteiger partial charge in [0.1, 0.15) is 18.1 Å². The molecule has 0 fully saturated rings. The maximum Gasteiger partial charge on any atom is 0.119 e. The number of likely N-dealkylation sites (N-methyl/N-ethyl adjacent to an activating group) is 1. The van der Waals surface area contributed by atoms with Crippen molar-refractivity contribution in [3.05, 3.63) is 60.2 Å². The van der Waals surface area contributed by atoms with Gasteiger partial charge in [0.05, 0.1) is 0 Å². The molecular weight excluding hydrogens is 238 g/mol. The first-order valence-electron chi connectivity index (χ1n) is 6.41. The highest BCUT2D eigenvalue weighted by atomic mass is 16.5. The summed E-state index contributed by atoms with van der Waals surface area (Å²) in [6, 6.07) is 17.3. The van der Waals surface area contributed by atoms with Crippen LogP contribution < -0.4 is 10.1 Å². The minimum absolute atomic E-state index is 0.210. The molecule has 2 rings (SSSR count). The lowest BCUT2D eigenvalue weighted by Gasteiger charge is -2.17. The smallest absolute Gasteiger partial charge is 0.119 e. The van der Waals surface area contributed by atoms with Gasteiger partial charge >= 0.3 is 0 Å². The summed E-state index contributed by atoms with van der Waals surface area (Å²) in [5.74, 6) is 1.18. The molecule has 2 N–H and O–H groups in total. The standard InChI is InChI=1S/C16H19NO2/c1-17-14(10-13-6-5-7-15(18)11-13)12-19-16-8-3-2-4-9-16/h2-9,11,14,17-18H,10,12H2,1H3. The van der Waals surface area contributed by atoms with Crippen LogP contribution in [0.2, 0.25) is 0 Å². The van der Waals surface area contributed by atoms with E-state index in [1.807, 2.05) is 49.5 Å². The maximum absolute atomic E-state index is 9.45. The Hall–Kier alpha value is -2.00. The number of aromatic hydroxyl groups is 1. The van der Waals surface area contributed by atoms with Crippen LogP contribution in [-0.4, -0.2) is 24.8 Å². The summed E-state index contributed by atoms with van der Waals surface area (Å²) in [4.78, 5) is 0. The highest BCUT2D eigenvalue weighted by molar-refractivity contribution is 5.27. The first kappa shape index (κ1) is 13.4. The van der Waals surface area contributed by atoms with Crippen molar-refractivity contribution in [2.75, 3.05) is 13.7 Å². The summed E-state index contributed by atoms with van der Waals surface area (Å²) in [7, 11) is 1.92. The van der Waals surface area contributed by atoms with Crippen LogP contribution in [0.15, 0.2) is 54.6 Å². The van der Waals surface area contributed by atoms with Gasteiger partial charge in [-0.1, -0.05) is 30.3 Å². The zero-order chi connectivity index (χ0) is 13.5. The van der Waals surface area contributed by atoms with Gasteiger partial charge in [-0.15, -0.1) is 0 Å². The first-order chi connectivity index (χ1) is 9.28. The third kappa shape index (κ3) is 4.30. The second kappa shape index (κ2) is 6.81. The van der Waals surface area contributed by atoms with E-state index in [9.17, 15) is 5.11 Å². The lowest BCUT2D eigenvalue weighted by Crippen LogP contribution is -2.33. The SMILES string of the molecule is CNC(COc1ccccc1)Cc1cccc(O)c1. The van der Waals surface area contributed by atoms with Crippen molar-refractivity contribution >= 4 is 0 Å². The van der Waals surface area contributed by atoms with Crippen LogP contribution in [0.25, 0.3) is 0 Å². The third-order valence-electron chi connectivity index (χ3n) is 3.00. The molecule has 0 saturated heterocycles. The maximum atomic E-state index is 9.45. The monoisotopic (exact) mass is 257 g/mol. The first-order valence-corrected chi connectivity index (χ1v) is 6.41. The van der Waals surface area contributed by atoms with Gasteiger partial charge in [-0.3, -0.25) is 0 Å². The van der Waals surface area contributed by atoms with Gasteiger partial charge < -0.3 is 15.2 Å². The molecule has 1 atom stereocenters. The van der Waals surface area contributed by atoms with Crippen LogP contribution in [0.3, 0.4) is 0 Å². The van der Waals surface area contributed by atoms with E-state index < -0.39 is 0 Å². The van der Waals surface area contributed by atoms with E-state index in [0.717, 1.165) is 17.7 Å². The van der Waals surface area contributed by atoms with Crippen LogP contribution in [0.1, 0.15) is 5.56 Å². The van der Waals surface area contributed by atoms with Crippen LogP contribution in [0.4, 0.5) is 0 Å². The van der Waals surface area contributed by atoms with Gasteiger partial charge in [0, 0.05) is 6.04 Å². The normalized spacial score (nSPS) is 12.1. The molecule has 19 heavy (non-hydrogen) atoms. The Morgan fingerprint density at radius 3 is 2.58 bits per heavy atom. The summed E-state index contributed by atoms with van der Waals surface area (Å²) in [6.07, 6.45) is 0.817. The number of benzene rings is 2. The molecule has 100 valence electrons. The fourth-order valence-electron chi connectivity index (χ4n) is 1.93. The van der Waals surface area contributed by atoms with Gasteiger partial charge in [0.2, 0.25) is 0 Å². The van der Waals surface area contributed by atoms with Crippen molar-refractivity contribution in [2.45, 2.75) is 12.5 Å². The summed E-state index contributed by atoms with van der Waals surface area (Å²) in [5, 5.41) is 12.7. The van der Waals surface area contributed by atoms with Crippen LogP contribution in [-0.2, 0) is 6.42 Å². The predicted molar refractivity (Wildman–Crippen MR) is 76.6 cm³/mol. The van der Waals surface area contributed by atoms with Gasteiger partial charge in [-0.2, -0.15) is 0 Å². The lowest BCUT2D eigenvalue weighted by atomic mass is 10.1. The number of phenols is 1. The third-order valence-corrected chi connectivity index (χ3v) is 3.00. The van der Waals surface area contributed by atoms with Gasteiger partial charge in [-0.25, -0.2) is 0 Å². The minimum atomic E-state index is 0.210. The van der Waals surface area contributed by atoms with Crippen molar-refractivity contribution in [2.24, 2.45) is 0 Å². The van der Waals surface area contributed by atoms with E-state index in [1.54, 1.807) is 12.1 Å². The highest BCUT2D eigenvalue weighted by Crippen LogP contribution is 2.14. The zero-order valence-corrected chi connectivity index (χ0v) is 11.0. The molecular formula is C16H19NO2. The number of phenolic OH excluding ortho intramolecular Hbond substituents is 1. The molecule has 0 aromatic heterocycles. The summed E-state index contributed by atoms with van der Waals surface area (Å²) in [5.41, 5.74) is 1.09. The van der Waals surface area contributed by atoms with E-state index in [4.69, 9.17) is 4.74 Å². The van der Waals surface area contributed by atoms with Gasteiger partial charge in [0.25, 0.3) is 0 Å². The average Bonchev–Trinajstić information content (AvgIpc) is 2.44. The number of hydrogen-bond donors (Lipinski definition) is 2. The number of ether oxygens (including phenoxy) is 1. The fraction of sp³-hybridized carbons (Fsp3) is 0.250. The lowest BCUT2D eigenvalue weighted by molar-refractivity contribution is 0.269. The molecule has 0 aliphatic heterocycles. The summed E-state index contributed by atoms with van der Waals surface area (Å²) in [6.45, 7) is 0.593. The molecule has 0 spiro atoms. The molecule has 0 aliphatic rings. The summed E-state index contributed by atoms with van der Waals surface area (Å²) < 4.78 is 5.74. The molecule has 0 bridgehead atoms. The Morgan fingerprint density at radius 2 is 1.89 bits per heavy atom. The van der Waals surface area contributed by atoms with Gasteiger partial charge in [0.15, 0.2) is 0 Å². The Bertz CT molecular complexity index is 499. The van der Waals surface area contributed by atoms with Crippen LogP contribution in [0.5, 0.6) is 11.5 Å². The molecule has 0 amide bonds. The second-order valence-corrected chi connectivity index (χ2v) is 4.48. The Labute approximate surface area is 113 Å². The zero-order valence-electron chi connectivity index (χ0n) is 11.0. The van der Waals surface area contributed by atoms with E-state index in [2.05, 4.69) is 5.32 Å². The van der Waals surface area contributed by atoms with Crippen molar-refractivity contribution in [1.82, 2.24) is 5.32 Å². The molecule has 0 heterocycles. The molecule has 3 nitrogen and oxygen atoms in total. The van der Waals surface area contributed by atoms with E-state index in [0.29, 0.717) is 12.4 Å². The molecule has 2 aromatic rings. The van der Waals surface area contributed by atoms with Crippen molar-refractivity contribution in [1.29, 1.82) is 0 Å². The van der Waals surface area contributed by atoms with E-state index in [-0.39, 0.29) is 6.04 Å². The van der Waals surface area contributed by atoms with Crippen molar-refractivity contribution in [3.8, 4) is 11.5 Å². The fourth-order valence-corrected chi connectivity index (χ4v) is 1.93. The largest absolute Gasteiger partial charge is 0.508 e. The van der Waals surface area contributed by atoms with Gasteiger partial charge in [-0.05, 0) is 43.3 Å². The number of hydrogen-bond acceptors (Lipinski definition) is 3. The quantitative estimate of drug-likeness (QED) is 0.836. The minimum Gasteiger partial charge on any atom is -0.508 e. The summed E-state index contributed by atoms with van der Waals surface area (Å²) >= 11 is 0. The van der Waals surface area contributed by atoms with Crippen molar-refractivity contribution in [3.63, 3.8) is 0 Å². The molecule has 1 unspecified atom stereocenters. The molecule has 0 saturated carbocycles. The topological polar surface area (TPSA) is 41.5 Å². The van der Waals surface area contributed by atoms with Crippen LogP contribution in [0, 0.1) is 0 Å². The second-order valence-electron chi connectivity index (χ2n) is 4.48. The molecule has 0 radical (unpaired) electrons. The average molecular weight is 257 g/mol. The Morgan fingerprint density at radius 1 is 1.11 bits per heavy atom. The Balaban J connectivity index is 1.90. The van der Waals surface area contributed by atoms with Crippen molar-refractivity contribution < 1.29 is 9.84 Å². The molecule has 2 aromatic carbocycles. The Kier molecular flexibility index (Phi) is 4.81. The molecule has 3 heteroatoms. The number of para-hydroxylation sites is 1. The highest BCUT2D eigenvalue weighted by Gasteiger charge is 2.08.